The Kier molecular flexibility index (Phi) is 6.06. The van der Waals surface area contributed by atoms with Crippen LogP contribution in [0.5, 0.6) is 0 Å². The fraction of sp³-hybridized carbons (Fsp3) is 0.0833. The van der Waals surface area contributed by atoms with Crippen molar-refractivity contribution in [1.29, 1.82) is 0 Å². The van der Waals surface area contributed by atoms with E-state index in [1.165, 1.54) is 48.9 Å². The van der Waals surface area contributed by atoms with E-state index in [0.29, 0.717) is 18.1 Å². The van der Waals surface area contributed by atoms with Crippen LogP contribution in [-0.4, -0.2) is 39.3 Å². The van der Waals surface area contributed by atoms with Gasteiger partial charge in [0, 0.05) is 18.3 Å². The van der Waals surface area contributed by atoms with Crippen molar-refractivity contribution in [2.45, 2.75) is 11.5 Å². The molecule has 0 saturated heterocycles. The number of aromatic nitrogens is 5. The smallest absolute Gasteiger partial charge is 0.318 e. The Balaban J connectivity index is 1.54. The molecule has 0 aliphatic carbocycles. The fourth-order valence-electron chi connectivity index (χ4n) is 3.49. The lowest BCUT2D eigenvalue weighted by Crippen LogP contribution is -2.16. The van der Waals surface area contributed by atoms with Gasteiger partial charge in [-0.3, -0.25) is 0 Å². The second-order valence-electron chi connectivity index (χ2n) is 7.50. The fourth-order valence-corrected chi connectivity index (χ4v) is 4.64. The standard InChI is InChI=1S/C24H19FN6O3S/c25-19-10-8-18(9-11-19)22-23(31(30-29-22)35(32,33)21-7-4-16-34-21)20-13-15-27-24(28-20)26-14-12-17-5-2-1-3-6-17/h1-11,13,15-16H,12,14H2,(H,26,27,28). The van der Waals surface area contributed by atoms with Gasteiger partial charge < -0.3 is 9.73 Å². The largest absolute Gasteiger partial charge is 0.451 e. The van der Waals surface area contributed by atoms with Crippen LogP contribution in [0.3, 0.4) is 0 Å². The average molecular weight is 491 g/mol. The minimum Gasteiger partial charge on any atom is -0.451 e. The number of furan rings is 1. The van der Waals surface area contributed by atoms with Crippen LogP contribution >= 0.6 is 0 Å². The van der Waals surface area contributed by atoms with Crippen molar-refractivity contribution < 1.29 is 17.2 Å². The lowest BCUT2D eigenvalue weighted by Gasteiger charge is -2.09. The van der Waals surface area contributed by atoms with E-state index in [-0.39, 0.29) is 22.2 Å². The molecule has 5 rings (SSSR count). The summed E-state index contributed by atoms with van der Waals surface area (Å²) < 4.78 is 45.9. The molecule has 11 heteroatoms. The normalized spacial score (nSPS) is 11.5. The van der Waals surface area contributed by atoms with Crippen molar-refractivity contribution in [3.8, 4) is 22.6 Å². The van der Waals surface area contributed by atoms with Crippen molar-refractivity contribution in [3.05, 3.63) is 96.6 Å². The summed E-state index contributed by atoms with van der Waals surface area (Å²) in [6.07, 6.45) is 3.52. The maximum atomic E-state index is 13.5. The van der Waals surface area contributed by atoms with E-state index < -0.39 is 15.8 Å². The zero-order valence-electron chi connectivity index (χ0n) is 18.2. The average Bonchev–Trinajstić information content (AvgIpc) is 3.57. The van der Waals surface area contributed by atoms with Gasteiger partial charge in [-0.05, 0) is 54.4 Å². The lowest BCUT2D eigenvalue weighted by molar-refractivity contribution is 0.444. The van der Waals surface area contributed by atoms with E-state index in [0.717, 1.165) is 16.1 Å². The maximum Gasteiger partial charge on any atom is 0.318 e. The molecule has 0 aliphatic rings. The first kappa shape index (κ1) is 22.4. The Bertz CT molecular complexity index is 1540. The predicted molar refractivity (Wildman–Crippen MR) is 126 cm³/mol. The van der Waals surface area contributed by atoms with Crippen molar-refractivity contribution in [3.63, 3.8) is 0 Å². The molecular formula is C24H19FN6O3S. The molecule has 0 saturated carbocycles. The Morgan fingerprint density at radius 2 is 1.77 bits per heavy atom. The third-order valence-corrected chi connectivity index (χ3v) is 6.63. The van der Waals surface area contributed by atoms with Gasteiger partial charge in [-0.15, -0.1) is 9.19 Å². The zero-order chi connectivity index (χ0) is 24.3. The molecule has 1 N–H and O–H groups in total. The summed E-state index contributed by atoms with van der Waals surface area (Å²) in [4.78, 5) is 8.76. The Morgan fingerprint density at radius 1 is 0.971 bits per heavy atom. The number of anilines is 1. The Labute approximate surface area is 200 Å². The van der Waals surface area contributed by atoms with E-state index in [2.05, 4.69) is 25.6 Å². The highest BCUT2D eigenvalue weighted by atomic mass is 32.2. The zero-order valence-corrected chi connectivity index (χ0v) is 19.1. The number of hydrogen-bond acceptors (Lipinski definition) is 8. The SMILES string of the molecule is O=S(=O)(c1ccco1)n1nnc(-c2ccc(F)cc2)c1-c1ccnc(NCCc2ccccc2)n1. The van der Waals surface area contributed by atoms with Crippen LogP contribution in [0.15, 0.2) is 94.8 Å². The van der Waals surface area contributed by atoms with Gasteiger partial charge >= 0.3 is 10.0 Å². The summed E-state index contributed by atoms with van der Waals surface area (Å²) in [7, 11) is -4.21. The van der Waals surface area contributed by atoms with Crippen molar-refractivity contribution >= 4 is 16.0 Å². The van der Waals surface area contributed by atoms with Crippen LogP contribution < -0.4 is 5.32 Å². The molecule has 0 atom stereocenters. The summed E-state index contributed by atoms with van der Waals surface area (Å²) in [6.45, 7) is 0.570. The summed E-state index contributed by atoms with van der Waals surface area (Å²) in [5.74, 6) is -0.121. The minimum atomic E-state index is -4.21. The highest BCUT2D eigenvalue weighted by molar-refractivity contribution is 7.89. The molecule has 3 aromatic heterocycles. The van der Waals surface area contributed by atoms with Crippen LogP contribution in [0, 0.1) is 5.82 Å². The monoisotopic (exact) mass is 490 g/mol. The first-order chi connectivity index (χ1) is 17.0. The highest BCUT2D eigenvalue weighted by Crippen LogP contribution is 2.32. The number of nitrogens with one attached hydrogen (secondary N) is 1. The number of halogens is 1. The Hall–Kier alpha value is -4.38. The van der Waals surface area contributed by atoms with Crippen LogP contribution in [0.4, 0.5) is 10.3 Å². The van der Waals surface area contributed by atoms with E-state index in [1.807, 2.05) is 30.3 Å². The van der Waals surface area contributed by atoms with Gasteiger partial charge in [-0.1, -0.05) is 35.5 Å². The van der Waals surface area contributed by atoms with Gasteiger partial charge in [0.15, 0.2) is 0 Å². The summed E-state index contributed by atoms with van der Waals surface area (Å²) >= 11 is 0. The first-order valence-electron chi connectivity index (χ1n) is 10.6. The molecule has 0 fully saturated rings. The van der Waals surface area contributed by atoms with Crippen molar-refractivity contribution in [2.24, 2.45) is 0 Å². The molecular weight excluding hydrogens is 471 g/mol. The van der Waals surface area contributed by atoms with Crippen LogP contribution in [0.25, 0.3) is 22.6 Å². The first-order valence-corrected chi connectivity index (χ1v) is 12.1. The minimum absolute atomic E-state index is 0.0986. The molecule has 3 heterocycles. The maximum absolute atomic E-state index is 13.5. The third-order valence-electron chi connectivity index (χ3n) is 5.17. The van der Waals surface area contributed by atoms with Gasteiger partial charge in [0.25, 0.3) is 0 Å². The molecule has 5 aromatic rings. The molecule has 176 valence electrons. The highest BCUT2D eigenvalue weighted by Gasteiger charge is 2.29. The van der Waals surface area contributed by atoms with E-state index in [1.54, 1.807) is 6.07 Å². The van der Waals surface area contributed by atoms with Gasteiger partial charge in [-0.2, -0.15) is 8.42 Å². The molecule has 0 amide bonds. The number of hydrogen-bond donors (Lipinski definition) is 1. The second kappa shape index (κ2) is 9.47. The Morgan fingerprint density at radius 3 is 2.51 bits per heavy atom. The molecule has 0 unspecified atom stereocenters. The van der Waals surface area contributed by atoms with E-state index >= 15 is 0 Å². The van der Waals surface area contributed by atoms with E-state index in [9.17, 15) is 12.8 Å². The second-order valence-corrected chi connectivity index (χ2v) is 9.20. The predicted octanol–water partition coefficient (Wildman–Crippen LogP) is 4.03. The molecule has 0 bridgehead atoms. The summed E-state index contributed by atoms with van der Waals surface area (Å²) in [5.41, 5.74) is 2.21. The van der Waals surface area contributed by atoms with Crippen molar-refractivity contribution in [2.75, 3.05) is 11.9 Å². The summed E-state index contributed by atoms with van der Waals surface area (Å²) in [5, 5.41) is 10.8. The molecule has 0 radical (unpaired) electrons. The molecule has 0 spiro atoms. The van der Waals surface area contributed by atoms with Crippen LogP contribution in [0.1, 0.15) is 5.56 Å². The third kappa shape index (κ3) is 4.66. The van der Waals surface area contributed by atoms with Gasteiger partial charge in [0.2, 0.25) is 11.0 Å². The molecule has 0 aliphatic heterocycles. The lowest BCUT2D eigenvalue weighted by atomic mass is 10.1. The number of rotatable bonds is 8. The van der Waals surface area contributed by atoms with Gasteiger partial charge in [0.05, 0.1) is 12.0 Å². The van der Waals surface area contributed by atoms with Gasteiger partial charge in [-0.25, -0.2) is 14.4 Å². The topological polar surface area (TPSA) is 116 Å². The number of benzene rings is 2. The molecule has 2 aromatic carbocycles. The van der Waals surface area contributed by atoms with Gasteiger partial charge in [0.1, 0.15) is 17.2 Å². The molecule has 35 heavy (non-hydrogen) atoms. The van der Waals surface area contributed by atoms with Crippen molar-refractivity contribution in [1.82, 2.24) is 24.4 Å². The van der Waals surface area contributed by atoms with Crippen LogP contribution in [-0.2, 0) is 16.4 Å². The van der Waals surface area contributed by atoms with E-state index in [4.69, 9.17) is 4.42 Å². The van der Waals surface area contributed by atoms with Crippen LogP contribution in [0.2, 0.25) is 0 Å². The number of nitrogens with zero attached hydrogens (tertiary/aromatic N) is 5. The quantitative estimate of drug-likeness (QED) is 0.347. The molecule has 9 nitrogen and oxygen atoms in total. The summed E-state index contributed by atoms with van der Waals surface area (Å²) in [6, 6.07) is 19.8.